The number of hydrogen-bond donors (Lipinski definition) is 2. The van der Waals surface area contributed by atoms with E-state index in [1.165, 1.54) is 0 Å². The van der Waals surface area contributed by atoms with Crippen molar-refractivity contribution < 1.29 is 14.6 Å². The molecule has 19 heavy (non-hydrogen) atoms. The maximum absolute atomic E-state index is 11.4. The summed E-state index contributed by atoms with van der Waals surface area (Å²) in [5.74, 6) is -0.0770. The topological polar surface area (TPSA) is 75.8 Å². The Morgan fingerprint density at radius 3 is 2.95 bits per heavy atom. The Hall–Kier alpha value is -1.75. The molecule has 1 heterocycles. The summed E-state index contributed by atoms with van der Waals surface area (Å²) in [5.41, 5.74) is 7.44. The van der Waals surface area contributed by atoms with Crippen LogP contribution in [0.4, 0.5) is 5.69 Å². The molecular formula is C14H20N2O3. The van der Waals surface area contributed by atoms with Gasteiger partial charge in [-0.2, -0.15) is 0 Å². The molecule has 0 fully saturated rings. The normalized spacial score (nSPS) is 19.5. The van der Waals surface area contributed by atoms with Gasteiger partial charge in [-0.15, -0.1) is 0 Å². The highest BCUT2D eigenvalue weighted by molar-refractivity contribution is 5.79. The van der Waals surface area contributed by atoms with Crippen LogP contribution in [0.5, 0.6) is 5.75 Å². The van der Waals surface area contributed by atoms with Gasteiger partial charge in [0.25, 0.3) is 0 Å². The lowest BCUT2D eigenvalue weighted by Crippen LogP contribution is -2.48. The van der Waals surface area contributed by atoms with Crippen LogP contribution in [-0.2, 0) is 11.3 Å². The SMILES string of the molecule is CCC(C(=O)O)N1CC(C)Oc2cc(CN)ccc21. The minimum absolute atomic E-state index is 0.0334. The monoisotopic (exact) mass is 264 g/mol. The van der Waals surface area contributed by atoms with Crippen molar-refractivity contribution in [2.24, 2.45) is 5.73 Å². The molecule has 2 unspecified atom stereocenters. The van der Waals surface area contributed by atoms with Gasteiger partial charge in [-0.1, -0.05) is 13.0 Å². The fourth-order valence-electron chi connectivity index (χ4n) is 2.47. The van der Waals surface area contributed by atoms with Crippen LogP contribution in [-0.4, -0.2) is 29.8 Å². The average Bonchev–Trinajstić information content (AvgIpc) is 2.38. The molecule has 1 aliphatic heterocycles. The second kappa shape index (κ2) is 5.48. The number of carboxylic acids is 1. The van der Waals surface area contributed by atoms with Crippen LogP contribution in [0.2, 0.25) is 0 Å². The van der Waals surface area contributed by atoms with Crippen molar-refractivity contribution >= 4 is 11.7 Å². The molecule has 3 N–H and O–H groups in total. The van der Waals surface area contributed by atoms with Gasteiger partial charge in [0.1, 0.15) is 17.9 Å². The molecule has 104 valence electrons. The van der Waals surface area contributed by atoms with Crippen molar-refractivity contribution in [3.8, 4) is 5.75 Å². The Bertz CT molecular complexity index is 476. The molecule has 5 heteroatoms. The molecule has 5 nitrogen and oxygen atoms in total. The predicted octanol–water partition coefficient (Wildman–Crippen LogP) is 1.60. The van der Waals surface area contributed by atoms with Crippen LogP contribution >= 0.6 is 0 Å². The molecule has 1 aromatic rings. The number of aliphatic carboxylic acids is 1. The van der Waals surface area contributed by atoms with Gasteiger partial charge in [0.05, 0.1) is 12.2 Å². The summed E-state index contributed by atoms with van der Waals surface area (Å²) in [6.45, 7) is 4.85. The molecule has 0 radical (unpaired) electrons. The zero-order valence-corrected chi connectivity index (χ0v) is 11.3. The minimum atomic E-state index is -0.801. The predicted molar refractivity (Wildman–Crippen MR) is 73.5 cm³/mol. The van der Waals surface area contributed by atoms with E-state index < -0.39 is 12.0 Å². The summed E-state index contributed by atoms with van der Waals surface area (Å²) in [6, 6.07) is 5.19. The summed E-state index contributed by atoms with van der Waals surface area (Å²) < 4.78 is 5.79. The summed E-state index contributed by atoms with van der Waals surface area (Å²) in [6.07, 6.45) is 0.522. The first-order valence-corrected chi connectivity index (χ1v) is 6.56. The van der Waals surface area contributed by atoms with Crippen molar-refractivity contribution in [2.45, 2.75) is 39.0 Å². The smallest absolute Gasteiger partial charge is 0.326 e. The molecule has 0 bridgehead atoms. The van der Waals surface area contributed by atoms with Crippen LogP contribution in [0.15, 0.2) is 18.2 Å². The maximum atomic E-state index is 11.4. The second-order valence-corrected chi connectivity index (χ2v) is 4.85. The molecule has 0 saturated carbocycles. The number of fused-ring (bicyclic) bond motifs is 1. The number of ether oxygens (including phenoxy) is 1. The van der Waals surface area contributed by atoms with Gasteiger partial charge in [-0.3, -0.25) is 0 Å². The van der Waals surface area contributed by atoms with Gasteiger partial charge in [0, 0.05) is 6.54 Å². The third kappa shape index (κ3) is 2.66. The Morgan fingerprint density at radius 2 is 2.37 bits per heavy atom. The van der Waals surface area contributed by atoms with Crippen molar-refractivity contribution in [3.05, 3.63) is 23.8 Å². The van der Waals surface area contributed by atoms with Gasteiger partial charge in [-0.25, -0.2) is 4.79 Å². The Morgan fingerprint density at radius 1 is 1.63 bits per heavy atom. The molecule has 1 aromatic carbocycles. The van der Waals surface area contributed by atoms with Crippen LogP contribution in [0.25, 0.3) is 0 Å². The number of rotatable bonds is 4. The quantitative estimate of drug-likeness (QED) is 0.863. The van der Waals surface area contributed by atoms with Crippen LogP contribution in [0, 0.1) is 0 Å². The van der Waals surface area contributed by atoms with Crippen molar-refractivity contribution in [1.82, 2.24) is 0 Å². The molecule has 0 aromatic heterocycles. The lowest BCUT2D eigenvalue weighted by atomic mass is 10.1. The Balaban J connectivity index is 2.40. The van der Waals surface area contributed by atoms with Crippen molar-refractivity contribution in [1.29, 1.82) is 0 Å². The lowest BCUT2D eigenvalue weighted by Gasteiger charge is -2.38. The van der Waals surface area contributed by atoms with Gasteiger partial charge in [0.15, 0.2) is 0 Å². The first kappa shape index (κ1) is 13.7. The van der Waals surface area contributed by atoms with E-state index in [0.717, 1.165) is 17.0 Å². The highest BCUT2D eigenvalue weighted by atomic mass is 16.5. The van der Waals surface area contributed by atoms with E-state index in [4.69, 9.17) is 10.5 Å². The molecule has 1 aliphatic rings. The van der Waals surface area contributed by atoms with Crippen LogP contribution in [0.3, 0.4) is 0 Å². The molecule has 0 aliphatic carbocycles. The summed E-state index contributed by atoms with van der Waals surface area (Å²) in [5, 5.41) is 9.34. The zero-order chi connectivity index (χ0) is 14.0. The highest BCUT2D eigenvalue weighted by Gasteiger charge is 2.31. The number of anilines is 1. The van der Waals surface area contributed by atoms with Gasteiger partial charge in [0.2, 0.25) is 0 Å². The fourth-order valence-corrected chi connectivity index (χ4v) is 2.47. The number of nitrogens with two attached hydrogens (primary N) is 1. The molecule has 2 atom stereocenters. The van der Waals surface area contributed by atoms with Crippen LogP contribution < -0.4 is 15.4 Å². The van der Waals surface area contributed by atoms with E-state index in [1.807, 2.05) is 36.9 Å². The number of hydrogen-bond acceptors (Lipinski definition) is 4. The summed E-state index contributed by atoms with van der Waals surface area (Å²) in [4.78, 5) is 13.3. The summed E-state index contributed by atoms with van der Waals surface area (Å²) in [7, 11) is 0. The fraction of sp³-hybridized carbons (Fsp3) is 0.500. The van der Waals surface area contributed by atoms with Gasteiger partial charge < -0.3 is 20.5 Å². The minimum Gasteiger partial charge on any atom is -0.487 e. The van der Waals surface area contributed by atoms with Gasteiger partial charge in [-0.05, 0) is 31.0 Å². The second-order valence-electron chi connectivity index (χ2n) is 4.85. The molecule has 0 spiro atoms. The molecule has 0 amide bonds. The van der Waals surface area contributed by atoms with E-state index in [1.54, 1.807) is 0 Å². The van der Waals surface area contributed by atoms with Crippen molar-refractivity contribution in [3.63, 3.8) is 0 Å². The van der Waals surface area contributed by atoms with E-state index in [0.29, 0.717) is 19.5 Å². The highest BCUT2D eigenvalue weighted by Crippen LogP contribution is 2.36. The first-order valence-electron chi connectivity index (χ1n) is 6.56. The van der Waals surface area contributed by atoms with E-state index >= 15 is 0 Å². The third-order valence-corrected chi connectivity index (χ3v) is 3.40. The first-order chi connectivity index (χ1) is 9.06. The zero-order valence-electron chi connectivity index (χ0n) is 11.3. The standard InChI is InChI=1S/C14H20N2O3/c1-3-11(14(17)18)16-8-9(2)19-13-6-10(7-15)4-5-12(13)16/h4-6,9,11H,3,7-8,15H2,1-2H3,(H,17,18). The van der Waals surface area contributed by atoms with Crippen LogP contribution in [0.1, 0.15) is 25.8 Å². The Kier molecular flexibility index (Phi) is 3.95. The van der Waals surface area contributed by atoms with E-state index in [9.17, 15) is 9.90 Å². The molecule has 0 saturated heterocycles. The van der Waals surface area contributed by atoms with E-state index in [2.05, 4.69) is 0 Å². The molecule has 2 rings (SSSR count). The Labute approximate surface area is 113 Å². The average molecular weight is 264 g/mol. The lowest BCUT2D eigenvalue weighted by molar-refractivity contribution is -0.138. The van der Waals surface area contributed by atoms with E-state index in [-0.39, 0.29) is 6.10 Å². The largest absolute Gasteiger partial charge is 0.487 e. The third-order valence-electron chi connectivity index (χ3n) is 3.40. The van der Waals surface area contributed by atoms with Gasteiger partial charge >= 0.3 is 5.97 Å². The number of benzene rings is 1. The summed E-state index contributed by atoms with van der Waals surface area (Å²) >= 11 is 0. The maximum Gasteiger partial charge on any atom is 0.326 e. The number of nitrogens with zero attached hydrogens (tertiary/aromatic N) is 1. The number of carbonyl (C=O) groups is 1. The van der Waals surface area contributed by atoms with Crippen molar-refractivity contribution in [2.75, 3.05) is 11.4 Å². The number of carboxylic acid groups (broad SMARTS) is 1. The molecular weight excluding hydrogens is 244 g/mol.